The molecular formula is C26H20N2O4S. The lowest BCUT2D eigenvalue weighted by atomic mass is 10.0. The van der Waals surface area contributed by atoms with E-state index < -0.39 is 17.1 Å². The highest BCUT2D eigenvalue weighted by atomic mass is 32.2. The van der Waals surface area contributed by atoms with Crippen molar-refractivity contribution in [2.45, 2.75) is 6.92 Å². The van der Waals surface area contributed by atoms with Crippen LogP contribution in [0.1, 0.15) is 11.1 Å². The third kappa shape index (κ3) is 4.92. The third-order valence-electron chi connectivity index (χ3n) is 5.03. The highest BCUT2D eigenvalue weighted by molar-refractivity contribution is 8.18. The summed E-state index contributed by atoms with van der Waals surface area (Å²) in [6, 6.07) is 18.6. The van der Waals surface area contributed by atoms with Crippen molar-refractivity contribution < 1.29 is 19.1 Å². The quantitative estimate of drug-likeness (QED) is 0.425. The topological polar surface area (TPSA) is 75.7 Å². The number of terminal acetylenes is 1. The van der Waals surface area contributed by atoms with Gasteiger partial charge in [0.15, 0.2) is 0 Å². The Morgan fingerprint density at radius 3 is 2.64 bits per heavy atom. The van der Waals surface area contributed by atoms with E-state index in [1.165, 1.54) is 0 Å². The molecule has 0 unspecified atom stereocenters. The van der Waals surface area contributed by atoms with Gasteiger partial charge >= 0.3 is 0 Å². The molecule has 1 aliphatic rings. The second-order valence-corrected chi connectivity index (χ2v) is 8.37. The smallest absolute Gasteiger partial charge is 0.294 e. The molecule has 0 spiro atoms. The molecule has 0 aliphatic carbocycles. The largest absolute Gasteiger partial charge is 0.480 e. The van der Waals surface area contributed by atoms with E-state index in [9.17, 15) is 14.4 Å². The van der Waals surface area contributed by atoms with Gasteiger partial charge in [-0.3, -0.25) is 19.3 Å². The number of ether oxygens (including phenoxy) is 1. The maximum atomic E-state index is 13.0. The molecule has 0 bridgehead atoms. The molecular weight excluding hydrogens is 436 g/mol. The van der Waals surface area contributed by atoms with Crippen LogP contribution in [0.2, 0.25) is 0 Å². The number of rotatable bonds is 6. The first-order chi connectivity index (χ1) is 16.0. The zero-order valence-corrected chi connectivity index (χ0v) is 18.6. The Balaban J connectivity index is 1.59. The Labute approximate surface area is 195 Å². The number of benzene rings is 3. The minimum atomic E-state index is -0.528. The summed E-state index contributed by atoms with van der Waals surface area (Å²) in [4.78, 5) is 39.1. The van der Waals surface area contributed by atoms with Gasteiger partial charge < -0.3 is 10.1 Å². The van der Waals surface area contributed by atoms with Gasteiger partial charge in [0.1, 0.15) is 18.9 Å². The zero-order valence-electron chi connectivity index (χ0n) is 17.8. The molecule has 7 heteroatoms. The molecule has 3 aromatic carbocycles. The van der Waals surface area contributed by atoms with Crippen LogP contribution in [0.15, 0.2) is 65.6 Å². The standard InChI is InChI=1S/C26H20N2O4S/c1-3-14-32-22-13-10-18-6-4-5-7-20(18)21(22)15-23-25(30)28(26(31)33-23)16-24(29)27-19-11-8-17(2)9-12-19/h1,4-13,15H,14,16H2,2H3,(H,27,29)/b23-15-. The van der Waals surface area contributed by atoms with Crippen molar-refractivity contribution in [3.05, 3.63) is 76.7 Å². The van der Waals surface area contributed by atoms with Gasteiger partial charge in [-0.25, -0.2) is 0 Å². The van der Waals surface area contributed by atoms with Crippen molar-refractivity contribution in [1.82, 2.24) is 4.90 Å². The number of thioether (sulfide) groups is 1. The number of hydrogen-bond acceptors (Lipinski definition) is 5. The Morgan fingerprint density at radius 1 is 1.12 bits per heavy atom. The molecule has 1 aliphatic heterocycles. The summed E-state index contributed by atoms with van der Waals surface area (Å²) >= 11 is 0.791. The number of aryl methyl sites for hydroxylation is 1. The lowest BCUT2D eigenvalue weighted by Gasteiger charge is -2.13. The third-order valence-corrected chi connectivity index (χ3v) is 5.94. The monoisotopic (exact) mass is 456 g/mol. The molecule has 4 rings (SSSR count). The predicted octanol–water partition coefficient (Wildman–Crippen LogP) is 4.84. The first-order valence-electron chi connectivity index (χ1n) is 10.2. The van der Waals surface area contributed by atoms with Crippen LogP contribution in [0.4, 0.5) is 10.5 Å². The minimum Gasteiger partial charge on any atom is -0.480 e. The minimum absolute atomic E-state index is 0.0693. The number of nitrogens with one attached hydrogen (secondary N) is 1. The predicted molar refractivity (Wildman–Crippen MR) is 131 cm³/mol. The van der Waals surface area contributed by atoms with Crippen LogP contribution in [-0.4, -0.2) is 35.1 Å². The summed E-state index contributed by atoms with van der Waals surface area (Å²) < 4.78 is 5.67. The van der Waals surface area contributed by atoms with Gasteiger partial charge in [0.05, 0.1) is 4.91 Å². The maximum absolute atomic E-state index is 13.0. The van der Waals surface area contributed by atoms with Crippen LogP contribution in [-0.2, 0) is 9.59 Å². The molecule has 0 saturated carbocycles. The van der Waals surface area contributed by atoms with Gasteiger partial charge in [0, 0.05) is 11.3 Å². The second-order valence-electron chi connectivity index (χ2n) is 7.37. The summed E-state index contributed by atoms with van der Waals surface area (Å²) in [7, 11) is 0. The van der Waals surface area contributed by atoms with Gasteiger partial charge in [-0.1, -0.05) is 53.9 Å². The van der Waals surface area contributed by atoms with Crippen LogP contribution < -0.4 is 10.1 Å². The molecule has 3 amide bonds. The number of carbonyl (C=O) groups is 3. The Morgan fingerprint density at radius 2 is 1.88 bits per heavy atom. The lowest BCUT2D eigenvalue weighted by molar-refractivity contribution is -0.127. The average Bonchev–Trinajstić information content (AvgIpc) is 3.07. The number of imide groups is 1. The van der Waals surface area contributed by atoms with E-state index in [4.69, 9.17) is 11.2 Å². The lowest BCUT2D eigenvalue weighted by Crippen LogP contribution is -2.36. The fraction of sp³-hybridized carbons (Fsp3) is 0.115. The average molecular weight is 457 g/mol. The summed E-state index contributed by atoms with van der Waals surface area (Å²) in [5, 5.41) is 4.01. The SMILES string of the molecule is C#CCOc1ccc2ccccc2c1/C=C1\SC(=O)N(CC(=O)Nc2ccc(C)cc2)C1=O. The van der Waals surface area contributed by atoms with Gasteiger partial charge in [0.2, 0.25) is 5.91 Å². The summed E-state index contributed by atoms with van der Waals surface area (Å²) in [6.45, 7) is 1.64. The Bertz CT molecular complexity index is 1320. The molecule has 3 aromatic rings. The molecule has 1 N–H and O–H groups in total. The van der Waals surface area contributed by atoms with E-state index in [0.29, 0.717) is 17.0 Å². The van der Waals surface area contributed by atoms with E-state index in [1.807, 2.05) is 49.4 Å². The number of anilines is 1. The van der Waals surface area contributed by atoms with E-state index in [-0.39, 0.29) is 18.1 Å². The van der Waals surface area contributed by atoms with Crippen LogP contribution >= 0.6 is 11.8 Å². The van der Waals surface area contributed by atoms with Crippen molar-refractivity contribution in [3.8, 4) is 18.1 Å². The molecule has 0 aromatic heterocycles. The second kappa shape index (κ2) is 9.63. The molecule has 0 radical (unpaired) electrons. The van der Waals surface area contributed by atoms with Gasteiger partial charge in [-0.2, -0.15) is 0 Å². The van der Waals surface area contributed by atoms with Crippen molar-refractivity contribution in [2.24, 2.45) is 0 Å². The van der Waals surface area contributed by atoms with E-state index in [1.54, 1.807) is 24.3 Å². The first kappa shape index (κ1) is 22.2. The number of carbonyl (C=O) groups excluding carboxylic acids is 3. The molecule has 1 fully saturated rings. The molecule has 6 nitrogen and oxygen atoms in total. The van der Waals surface area contributed by atoms with Crippen molar-refractivity contribution >= 4 is 51.4 Å². The van der Waals surface area contributed by atoms with Crippen LogP contribution in [0.3, 0.4) is 0 Å². The normalized spacial score (nSPS) is 14.5. The van der Waals surface area contributed by atoms with Gasteiger partial charge in [-0.15, -0.1) is 6.42 Å². The number of amides is 3. The summed E-state index contributed by atoms with van der Waals surface area (Å²) in [5.41, 5.74) is 2.31. The molecule has 1 saturated heterocycles. The highest BCUT2D eigenvalue weighted by Crippen LogP contribution is 2.36. The van der Waals surface area contributed by atoms with E-state index in [2.05, 4.69) is 11.2 Å². The van der Waals surface area contributed by atoms with Gasteiger partial charge in [-0.05, 0) is 53.7 Å². The van der Waals surface area contributed by atoms with Crippen LogP contribution in [0.25, 0.3) is 16.8 Å². The zero-order chi connectivity index (χ0) is 23.4. The molecule has 0 atom stereocenters. The fourth-order valence-corrected chi connectivity index (χ4v) is 4.24. The van der Waals surface area contributed by atoms with Crippen molar-refractivity contribution in [1.29, 1.82) is 0 Å². The Kier molecular flexibility index (Phi) is 6.48. The first-order valence-corrected chi connectivity index (χ1v) is 11.0. The van der Waals surface area contributed by atoms with Gasteiger partial charge in [0.25, 0.3) is 11.1 Å². The van der Waals surface area contributed by atoms with Crippen LogP contribution in [0, 0.1) is 19.3 Å². The van der Waals surface area contributed by atoms with E-state index >= 15 is 0 Å². The van der Waals surface area contributed by atoms with Crippen molar-refractivity contribution in [3.63, 3.8) is 0 Å². The summed E-state index contributed by atoms with van der Waals surface area (Å²) in [6.07, 6.45) is 6.95. The van der Waals surface area contributed by atoms with E-state index in [0.717, 1.165) is 33.0 Å². The Hall–Kier alpha value is -4.02. The number of hydrogen-bond donors (Lipinski definition) is 1. The highest BCUT2D eigenvalue weighted by Gasteiger charge is 2.36. The molecule has 33 heavy (non-hydrogen) atoms. The van der Waals surface area contributed by atoms with Crippen molar-refractivity contribution in [2.75, 3.05) is 18.5 Å². The fourth-order valence-electron chi connectivity index (χ4n) is 3.42. The number of nitrogens with zero attached hydrogens (tertiary/aromatic N) is 1. The van der Waals surface area contributed by atoms with Crippen LogP contribution in [0.5, 0.6) is 5.75 Å². The summed E-state index contributed by atoms with van der Waals surface area (Å²) in [5.74, 6) is 1.96. The molecule has 164 valence electrons. The molecule has 1 heterocycles. The maximum Gasteiger partial charge on any atom is 0.294 e. The number of fused-ring (bicyclic) bond motifs is 1.